The topological polar surface area (TPSA) is 69.6 Å². The Morgan fingerprint density at radius 2 is 2.00 bits per heavy atom. The number of carboxylic acids is 1. The van der Waals surface area contributed by atoms with Crippen LogP contribution in [0.4, 0.5) is 5.69 Å². The van der Waals surface area contributed by atoms with E-state index in [1.165, 1.54) is 6.07 Å². The monoisotopic (exact) mass is 285 g/mol. The highest BCUT2D eigenvalue weighted by atomic mass is 35.5. The highest BCUT2D eigenvalue weighted by Crippen LogP contribution is 2.27. The first-order chi connectivity index (χ1) is 8.98. The van der Waals surface area contributed by atoms with E-state index < -0.39 is 5.97 Å². The van der Waals surface area contributed by atoms with Crippen molar-refractivity contribution < 1.29 is 15.0 Å². The van der Waals surface area contributed by atoms with E-state index in [1.807, 2.05) is 13.8 Å². The zero-order valence-corrected chi connectivity index (χ0v) is 12.0. The molecule has 1 aromatic carbocycles. The maximum Gasteiger partial charge on any atom is 0.337 e. The van der Waals surface area contributed by atoms with Crippen LogP contribution in [0, 0.1) is 5.41 Å². The molecule has 5 heteroatoms. The SMILES string of the molecule is CCC(CC)(CO)CNc1ccc(Cl)c(C(=O)O)c1. The van der Waals surface area contributed by atoms with E-state index in [2.05, 4.69) is 5.32 Å². The summed E-state index contributed by atoms with van der Waals surface area (Å²) in [6, 6.07) is 4.81. The number of hydrogen-bond donors (Lipinski definition) is 3. The second kappa shape index (κ2) is 6.78. The number of aliphatic hydroxyl groups is 1. The number of carbonyl (C=O) groups is 1. The summed E-state index contributed by atoms with van der Waals surface area (Å²) in [6.07, 6.45) is 1.71. The molecule has 19 heavy (non-hydrogen) atoms. The van der Waals surface area contributed by atoms with E-state index in [0.717, 1.165) is 12.8 Å². The first-order valence-electron chi connectivity index (χ1n) is 6.35. The fraction of sp³-hybridized carbons (Fsp3) is 0.500. The van der Waals surface area contributed by atoms with Gasteiger partial charge >= 0.3 is 5.97 Å². The predicted octanol–water partition coefficient (Wildman–Crippen LogP) is 3.25. The molecule has 0 heterocycles. The second-order valence-electron chi connectivity index (χ2n) is 4.72. The van der Waals surface area contributed by atoms with E-state index in [1.54, 1.807) is 12.1 Å². The Labute approximate surface area is 118 Å². The normalized spacial score (nSPS) is 11.4. The van der Waals surface area contributed by atoms with Gasteiger partial charge in [0.2, 0.25) is 0 Å². The maximum atomic E-state index is 11.0. The highest BCUT2D eigenvalue weighted by molar-refractivity contribution is 6.33. The Balaban J connectivity index is 2.83. The van der Waals surface area contributed by atoms with Crippen molar-refractivity contribution in [2.75, 3.05) is 18.5 Å². The van der Waals surface area contributed by atoms with Crippen molar-refractivity contribution >= 4 is 23.3 Å². The molecule has 0 spiro atoms. The quantitative estimate of drug-likeness (QED) is 0.719. The van der Waals surface area contributed by atoms with Gasteiger partial charge in [-0.1, -0.05) is 25.4 Å². The molecule has 0 radical (unpaired) electrons. The van der Waals surface area contributed by atoms with Crippen LogP contribution in [0.25, 0.3) is 0 Å². The van der Waals surface area contributed by atoms with E-state index in [-0.39, 0.29) is 22.6 Å². The average molecular weight is 286 g/mol. The van der Waals surface area contributed by atoms with Crippen molar-refractivity contribution in [2.45, 2.75) is 26.7 Å². The van der Waals surface area contributed by atoms with Gasteiger partial charge in [0.1, 0.15) is 0 Å². The predicted molar refractivity (Wildman–Crippen MR) is 77.0 cm³/mol. The van der Waals surface area contributed by atoms with Crippen molar-refractivity contribution in [3.63, 3.8) is 0 Å². The molecule has 0 aromatic heterocycles. The third-order valence-corrected chi connectivity index (χ3v) is 4.03. The summed E-state index contributed by atoms with van der Waals surface area (Å²) < 4.78 is 0. The van der Waals surface area contributed by atoms with Gasteiger partial charge in [-0.2, -0.15) is 0 Å². The number of hydrogen-bond acceptors (Lipinski definition) is 3. The molecule has 1 rings (SSSR count). The summed E-state index contributed by atoms with van der Waals surface area (Å²) in [7, 11) is 0. The van der Waals surface area contributed by atoms with Gasteiger partial charge in [0.15, 0.2) is 0 Å². The van der Waals surface area contributed by atoms with E-state index >= 15 is 0 Å². The standard InChI is InChI=1S/C14H20ClNO3/c1-3-14(4-2,9-17)8-16-10-5-6-12(15)11(7-10)13(18)19/h5-7,16-17H,3-4,8-9H2,1-2H3,(H,18,19). The molecule has 0 aliphatic rings. The molecule has 0 atom stereocenters. The summed E-state index contributed by atoms with van der Waals surface area (Å²) in [6.45, 7) is 4.77. The third-order valence-electron chi connectivity index (χ3n) is 3.70. The molecule has 0 bridgehead atoms. The number of halogens is 1. The molecule has 0 fully saturated rings. The second-order valence-corrected chi connectivity index (χ2v) is 5.13. The molecule has 3 N–H and O–H groups in total. The summed E-state index contributed by atoms with van der Waals surface area (Å²) in [5, 5.41) is 21.9. The number of aromatic carboxylic acids is 1. The molecular formula is C14H20ClNO3. The van der Waals surface area contributed by atoms with Crippen LogP contribution in [-0.4, -0.2) is 29.3 Å². The highest BCUT2D eigenvalue weighted by Gasteiger charge is 2.25. The minimum Gasteiger partial charge on any atom is -0.478 e. The zero-order valence-electron chi connectivity index (χ0n) is 11.2. The van der Waals surface area contributed by atoms with Crippen LogP contribution < -0.4 is 5.32 Å². The number of rotatable bonds is 7. The lowest BCUT2D eigenvalue weighted by atomic mass is 9.83. The van der Waals surface area contributed by atoms with Crippen molar-refractivity contribution in [2.24, 2.45) is 5.41 Å². The van der Waals surface area contributed by atoms with E-state index in [0.29, 0.717) is 12.2 Å². The Morgan fingerprint density at radius 3 is 2.47 bits per heavy atom. The van der Waals surface area contributed by atoms with Gasteiger partial charge in [0, 0.05) is 17.6 Å². The van der Waals surface area contributed by atoms with Crippen LogP contribution in [0.3, 0.4) is 0 Å². The average Bonchev–Trinajstić information content (AvgIpc) is 2.42. The van der Waals surface area contributed by atoms with Crippen molar-refractivity contribution in [1.29, 1.82) is 0 Å². The van der Waals surface area contributed by atoms with E-state index in [4.69, 9.17) is 16.7 Å². The van der Waals surface area contributed by atoms with Crippen molar-refractivity contribution in [3.05, 3.63) is 28.8 Å². The van der Waals surface area contributed by atoms with E-state index in [9.17, 15) is 9.90 Å². The number of anilines is 1. The van der Waals surface area contributed by atoms with Crippen LogP contribution in [0.2, 0.25) is 5.02 Å². The fourth-order valence-corrected chi connectivity index (χ4v) is 2.07. The zero-order chi connectivity index (χ0) is 14.5. The first kappa shape index (κ1) is 15.8. The van der Waals surface area contributed by atoms with Gasteiger partial charge in [0.25, 0.3) is 0 Å². The Morgan fingerprint density at radius 1 is 1.37 bits per heavy atom. The van der Waals surface area contributed by atoms with Crippen molar-refractivity contribution in [3.8, 4) is 0 Å². The van der Waals surface area contributed by atoms with Gasteiger partial charge in [-0.05, 0) is 31.0 Å². The lowest BCUT2D eigenvalue weighted by molar-refractivity contribution is 0.0697. The molecule has 0 saturated heterocycles. The van der Waals surface area contributed by atoms with Gasteiger partial charge < -0.3 is 15.5 Å². The van der Waals surface area contributed by atoms with Gasteiger partial charge in [-0.25, -0.2) is 4.79 Å². The lowest BCUT2D eigenvalue weighted by Crippen LogP contribution is -2.32. The van der Waals surface area contributed by atoms with Gasteiger partial charge in [0.05, 0.1) is 17.2 Å². The Hall–Kier alpha value is -1.26. The molecule has 1 aromatic rings. The maximum absolute atomic E-state index is 11.0. The molecule has 4 nitrogen and oxygen atoms in total. The first-order valence-corrected chi connectivity index (χ1v) is 6.73. The Kier molecular flexibility index (Phi) is 5.63. The van der Waals surface area contributed by atoms with Crippen LogP contribution in [0.5, 0.6) is 0 Å². The number of benzene rings is 1. The number of carboxylic acid groups (broad SMARTS) is 1. The molecule has 0 aliphatic heterocycles. The lowest BCUT2D eigenvalue weighted by Gasteiger charge is -2.30. The summed E-state index contributed by atoms with van der Waals surface area (Å²) in [5.74, 6) is -1.05. The molecule has 0 aliphatic carbocycles. The summed E-state index contributed by atoms with van der Waals surface area (Å²) >= 11 is 5.81. The smallest absolute Gasteiger partial charge is 0.337 e. The molecule has 0 saturated carbocycles. The molecule has 0 unspecified atom stereocenters. The van der Waals surface area contributed by atoms with Crippen LogP contribution in [0.1, 0.15) is 37.0 Å². The van der Waals surface area contributed by atoms with Crippen LogP contribution in [-0.2, 0) is 0 Å². The molecular weight excluding hydrogens is 266 g/mol. The Bertz CT molecular complexity index is 436. The fourth-order valence-electron chi connectivity index (χ4n) is 1.87. The largest absolute Gasteiger partial charge is 0.478 e. The minimum absolute atomic E-state index is 0.0780. The van der Waals surface area contributed by atoms with Crippen LogP contribution in [0.15, 0.2) is 18.2 Å². The number of aliphatic hydroxyl groups excluding tert-OH is 1. The molecule has 0 amide bonds. The van der Waals surface area contributed by atoms with Gasteiger partial charge in [-0.15, -0.1) is 0 Å². The molecule has 106 valence electrons. The number of nitrogens with one attached hydrogen (secondary N) is 1. The third kappa shape index (κ3) is 3.85. The summed E-state index contributed by atoms with van der Waals surface area (Å²) in [5.41, 5.74) is 0.596. The summed E-state index contributed by atoms with van der Waals surface area (Å²) in [4.78, 5) is 11.0. The van der Waals surface area contributed by atoms with Gasteiger partial charge in [-0.3, -0.25) is 0 Å². The minimum atomic E-state index is -1.05. The van der Waals surface area contributed by atoms with Crippen molar-refractivity contribution in [1.82, 2.24) is 0 Å². The van der Waals surface area contributed by atoms with Crippen LogP contribution >= 0.6 is 11.6 Å².